The van der Waals surface area contributed by atoms with E-state index >= 15 is 0 Å². The van der Waals surface area contributed by atoms with Gasteiger partial charge in [-0.2, -0.15) is 0 Å². The third-order valence-corrected chi connectivity index (χ3v) is 5.06. The second-order valence-corrected chi connectivity index (χ2v) is 8.09. The van der Waals surface area contributed by atoms with E-state index in [1.54, 1.807) is 55.5 Å². The number of hydrogen-bond donors (Lipinski definition) is 0. The van der Waals surface area contributed by atoms with Crippen molar-refractivity contribution in [3.63, 3.8) is 0 Å². The molecule has 2 aromatic carbocycles. The summed E-state index contributed by atoms with van der Waals surface area (Å²) in [6.45, 7) is 8.31. The molecule has 0 radical (unpaired) electrons. The minimum absolute atomic E-state index is 0.275. The molecule has 0 N–H and O–H groups in total. The molecular weight excluding hydrogens is 476 g/mol. The zero-order valence-electron chi connectivity index (χ0n) is 21.6. The summed E-state index contributed by atoms with van der Waals surface area (Å²) in [6, 6.07) is 11.7. The highest BCUT2D eigenvalue weighted by Crippen LogP contribution is 2.30. The van der Waals surface area contributed by atoms with Crippen molar-refractivity contribution in [2.45, 2.75) is 39.5 Å². The summed E-state index contributed by atoms with van der Waals surface area (Å²) in [7, 11) is 1.30. The molecule has 0 spiro atoms. The Bertz CT molecular complexity index is 1090. The molecule has 0 saturated heterocycles. The number of carbonyl (C=O) groups excluding carboxylic acids is 3. The van der Waals surface area contributed by atoms with Crippen LogP contribution in [0, 0.1) is 0 Å². The Morgan fingerprint density at radius 3 is 2.24 bits per heavy atom. The summed E-state index contributed by atoms with van der Waals surface area (Å²) in [5.74, 6) is -0.0390. The van der Waals surface area contributed by atoms with E-state index in [2.05, 4.69) is 11.3 Å². The van der Waals surface area contributed by atoms with Gasteiger partial charge in [0.15, 0.2) is 11.5 Å². The topological polar surface area (TPSA) is 97.4 Å². The smallest absolute Gasteiger partial charge is 0.343 e. The molecule has 0 saturated carbocycles. The molecule has 0 atom stereocenters. The van der Waals surface area contributed by atoms with Crippen molar-refractivity contribution in [1.82, 2.24) is 0 Å². The molecule has 0 amide bonds. The molecule has 2 rings (SSSR count). The van der Waals surface area contributed by atoms with Crippen molar-refractivity contribution in [3.8, 4) is 17.2 Å². The van der Waals surface area contributed by atoms with Crippen LogP contribution in [-0.4, -0.2) is 44.8 Å². The van der Waals surface area contributed by atoms with E-state index in [1.165, 1.54) is 13.2 Å². The Kier molecular flexibility index (Phi) is 12.5. The average Bonchev–Trinajstić information content (AvgIpc) is 2.90. The molecule has 37 heavy (non-hydrogen) atoms. The van der Waals surface area contributed by atoms with Crippen LogP contribution >= 0.6 is 0 Å². The lowest BCUT2D eigenvalue weighted by Gasteiger charge is -2.12. The normalized spacial score (nSPS) is 10.6. The zero-order valence-corrected chi connectivity index (χ0v) is 21.6. The van der Waals surface area contributed by atoms with Crippen LogP contribution in [0.4, 0.5) is 0 Å². The zero-order chi connectivity index (χ0) is 27.0. The van der Waals surface area contributed by atoms with Gasteiger partial charge >= 0.3 is 17.9 Å². The summed E-state index contributed by atoms with van der Waals surface area (Å²) in [5, 5.41) is 0. The van der Waals surface area contributed by atoms with Gasteiger partial charge in [-0.3, -0.25) is 0 Å². The SMILES string of the molecule is C=C(C)C(=O)OCCCCCCOc1ccc(C(=O)Oc2ccc(C=CC(=O)OC)cc2OCC)cc1. The fraction of sp³-hybridized carbons (Fsp3) is 0.345. The van der Waals surface area contributed by atoms with Crippen molar-refractivity contribution < 1.29 is 38.1 Å². The van der Waals surface area contributed by atoms with Crippen molar-refractivity contribution in [2.75, 3.05) is 26.9 Å². The summed E-state index contributed by atoms with van der Waals surface area (Å²) in [6.07, 6.45) is 6.43. The molecule has 8 nitrogen and oxygen atoms in total. The third-order valence-electron chi connectivity index (χ3n) is 5.06. The molecular formula is C29H34O8. The molecule has 0 heterocycles. The second kappa shape index (κ2) is 15.8. The van der Waals surface area contributed by atoms with Crippen molar-refractivity contribution in [1.29, 1.82) is 0 Å². The molecule has 8 heteroatoms. The average molecular weight is 511 g/mol. The van der Waals surface area contributed by atoms with Crippen LogP contribution in [0.3, 0.4) is 0 Å². The van der Waals surface area contributed by atoms with Gasteiger partial charge in [0, 0.05) is 11.6 Å². The molecule has 0 aromatic heterocycles. The maximum absolute atomic E-state index is 12.7. The largest absolute Gasteiger partial charge is 0.494 e. The van der Waals surface area contributed by atoms with Gasteiger partial charge in [-0.15, -0.1) is 0 Å². The molecule has 0 fully saturated rings. The first-order chi connectivity index (χ1) is 17.8. The summed E-state index contributed by atoms with van der Waals surface area (Å²) < 4.78 is 26.5. The molecule has 0 aliphatic rings. The van der Waals surface area contributed by atoms with Crippen LogP contribution in [0.25, 0.3) is 6.08 Å². The highest BCUT2D eigenvalue weighted by molar-refractivity contribution is 5.91. The Balaban J connectivity index is 1.81. The van der Waals surface area contributed by atoms with E-state index in [-0.39, 0.29) is 11.7 Å². The standard InChI is InChI=1S/C29H34O8/c1-5-34-26-20-22(11-17-27(30)33-4)10-16-25(26)37-29(32)23-12-14-24(15-13-23)35-18-8-6-7-9-19-36-28(31)21(2)3/h10-17,20H,2,5-9,18-19H2,1,3-4H3. The van der Waals surface area contributed by atoms with Gasteiger partial charge in [0.05, 0.1) is 32.5 Å². The highest BCUT2D eigenvalue weighted by Gasteiger charge is 2.13. The van der Waals surface area contributed by atoms with Crippen LogP contribution in [0.5, 0.6) is 17.2 Å². The van der Waals surface area contributed by atoms with Crippen molar-refractivity contribution in [2.24, 2.45) is 0 Å². The molecule has 2 aromatic rings. The maximum Gasteiger partial charge on any atom is 0.343 e. The Labute approximate surface area is 217 Å². The maximum atomic E-state index is 12.7. The van der Waals surface area contributed by atoms with Gasteiger partial charge in [-0.05, 0) is 87.6 Å². The van der Waals surface area contributed by atoms with Gasteiger partial charge in [-0.25, -0.2) is 14.4 Å². The number of methoxy groups -OCH3 is 1. The molecule has 198 valence electrons. The Hall–Kier alpha value is -4.07. The van der Waals surface area contributed by atoms with Crippen molar-refractivity contribution >= 4 is 24.0 Å². The lowest BCUT2D eigenvalue weighted by Crippen LogP contribution is -2.10. The monoisotopic (exact) mass is 510 g/mol. The van der Waals surface area contributed by atoms with Crippen LogP contribution in [-0.2, 0) is 19.1 Å². The predicted octanol–water partition coefficient (Wildman–Crippen LogP) is 5.55. The van der Waals surface area contributed by atoms with E-state index in [0.29, 0.717) is 48.0 Å². The van der Waals surface area contributed by atoms with Gasteiger partial charge in [0.2, 0.25) is 0 Å². The lowest BCUT2D eigenvalue weighted by atomic mass is 10.2. The number of unbranched alkanes of at least 4 members (excludes halogenated alkanes) is 3. The van der Waals surface area contributed by atoms with Crippen LogP contribution < -0.4 is 14.2 Å². The van der Waals surface area contributed by atoms with Gasteiger partial charge in [-0.1, -0.05) is 12.6 Å². The third kappa shape index (κ3) is 10.6. The number of benzene rings is 2. The van der Waals surface area contributed by atoms with E-state index in [0.717, 1.165) is 25.7 Å². The Morgan fingerprint density at radius 1 is 0.892 bits per heavy atom. The van der Waals surface area contributed by atoms with Crippen molar-refractivity contribution in [3.05, 3.63) is 71.8 Å². The van der Waals surface area contributed by atoms with Gasteiger partial charge < -0.3 is 23.7 Å². The number of hydrogen-bond acceptors (Lipinski definition) is 8. The number of ether oxygens (including phenoxy) is 5. The molecule has 0 aliphatic heterocycles. The summed E-state index contributed by atoms with van der Waals surface area (Å²) in [5.41, 5.74) is 1.47. The second-order valence-electron chi connectivity index (χ2n) is 8.09. The minimum Gasteiger partial charge on any atom is -0.494 e. The first kappa shape index (κ1) is 29.2. The number of rotatable bonds is 15. The van der Waals surface area contributed by atoms with Crippen LogP contribution in [0.1, 0.15) is 55.5 Å². The fourth-order valence-corrected chi connectivity index (χ4v) is 3.10. The van der Waals surface area contributed by atoms with Gasteiger partial charge in [0.25, 0.3) is 0 Å². The van der Waals surface area contributed by atoms with Gasteiger partial charge in [0.1, 0.15) is 5.75 Å². The van der Waals surface area contributed by atoms with Crippen LogP contribution in [0.15, 0.2) is 60.7 Å². The van der Waals surface area contributed by atoms with E-state index in [9.17, 15) is 14.4 Å². The quantitative estimate of drug-likeness (QED) is 0.133. The lowest BCUT2D eigenvalue weighted by molar-refractivity contribution is -0.139. The minimum atomic E-state index is -0.530. The van der Waals surface area contributed by atoms with E-state index < -0.39 is 11.9 Å². The molecule has 0 aliphatic carbocycles. The van der Waals surface area contributed by atoms with E-state index in [4.69, 9.17) is 18.9 Å². The fourth-order valence-electron chi connectivity index (χ4n) is 3.10. The van der Waals surface area contributed by atoms with Crippen LogP contribution in [0.2, 0.25) is 0 Å². The number of esters is 3. The highest BCUT2D eigenvalue weighted by atomic mass is 16.6. The Morgan fingerprint density at radius 2 is 1.59 bits per heavy atom. The summed E-state index contributed by atoms with van der Waals surface area (Å²) >= 11 is 0. The first-order valence-electron chi connectivity index (χ1n) is 12.1. The first-order valence-corrected chi connectivity index (χ1v) is 12.1. The van der Waals surface area contributed by atoms with E-state index in [1.807, 2.05) is 6.92 Å². The summed E-state index contributed by atoms with van der Waals surface area (Å²) in [4.78, 5) is 35.3. The molecule has 0 bridgehead atoms. The predicted molar refractivity (Wildman–Crippen MR) is 140 cm³/mol. The molecule has 0 unspecified atom stereocenters. The number of carbonyl (C=O) groups is 3.